The van der Waals surface area contributed by atoms with Crippen molar-refractivity contribution >= 4 is 17.3 Å². The molecule has 1 saturated heterocycles. The molecule has 2 heterocycles. The lowest BCUT2D eigenvalue weighted by Crippen LogP contribution is -2.47. The lowest BCUT2D eigenvalue weighted by Gasteiger charge is -2.36. The fraction of sp³-hybridized carbons (Fsp3) is 0.571. The van der Waals surface area contributed by atoms with E-state index < -0.39 is 0 Å². The van der Waals surface area contributed by atoms with Crippen molar-refractivity contribution in [3.8, 4) is 0 Å². The van der Waals surface area contributed by atoms with Crippen LogP contribution in [-0.4, -0.2) is 55.6 Å². The van der Waals surface area contributed by atoms with Crippen molar-refractivity contribution in [2.45, 2.75) is 12.8 Å². The van der Waals surface area contributed by atoms with Crippen LogP contribution in [0, 0.1) is 0 Å². The summed E-state index contributed by atoms with van der Waals surface area (Å²) >= 11 is 0. The number of rotatable bonds is 5. The molecule has 0 aromatic carbocycles. The van der Waals surface area contributed by atoms with Crippen LogP contribution in [0.4, 0.5) is 11.4 Å². The first-order valence-electron chi connectivity index (χ1n) is 7.08. The molecule has 0 atom stereocenters. The predicted octanol–water partition coefficient (Wildman–Crippen LogP) is 0.312. The zero-order chi connectivity index (χ0) is 14.4. The van der Waals surface area contributed by atoms with Gasteiger partial charge in [0.25, 0.3) is 0 Å². The number of carbonyl (C=O) groups excluding carboxylic acids is 1. The molecule has 0 bridgehead atoms. The highest BCUT2D eigenvalue weighted by Crippen LogP contribution is 2.22. The Morgan fingerprint density at radius 3 is 2.80 bits per heavy atom. The maximum absolute atomic E-state index is 11.2. The van der Waals surface area contributed by atoms with E-state index in [1.807, 2.05) is 6.07 Å². The zero-order valence-electron chi connectivity index (χ0n) is 12.0. The van der Waals surface area contributed by atoms with Crippen molar-refractivity contribution in [2.75, 3.05) is 50.4 Å². The molecule has 1 aromatic heterocycles. The van der Waals surface area contributed by atoms with E-state index in [0.29, 0.717) is 6.42 Å². The number of anilines is 2. The average molecular weight is 277 g/mol. The van der Waals surface area contributed by atoms with Crippen molar-refractivity contribution in [3.63, 3.8) is 0 Å². The molecule has 6 nitrogen and oxygen atoms in total. The van der Waals surface area contributed by atoms with E-state index in [4.69, 9.17) is 5.73 Å². The number of piperazine rings is 1. The lowest BCUT2D eigenvalue weighted by molar-refractivity contribution is -0.120. The second-order valence-corrected chi connectivity index (χ2v) is 5.04. The molecule has 20 heavy (non-hydrogen) atoms. The van der Waals surface area contributed by atoms with Gasteiger partial charge in [0.2, 0.25) is 5.91 Å². The maximum atomic E-state index is 11.2. The Balaban J connectivity index is 1.75. The fourth-order valence-electron chi connectivity index (χ4n) is 2.49. The number of nitrogens with one attached hydrogen (secondary N) is 1. The molecule has 1 aliphatic heterocycles. The lowest BCUT2D eigenvalue weighted by atomic mass is 10.2. The third kappa shape index (κ3) is 3.84. The van der Waals surface area contributed by atoms with E-state index in [9.17, 15) is 4.79 Å². The Hall–Kier alpha value is -1.82. The Bertz CT molecular complexity index is 443. The molecule has 2 rings (SSSR count). The summed E-state index contributed by atoms with van der Waals surface area (Å²) in [6.45, 7) is 4.93. The van der Waals surface area contributed by atoms with Crippen LogP contribution in [0.15, 0.2) is 18.5 Å². The molecule has 1 aliphatic rings. The van der Waals surface area contributed by atoms with Crippen molar-refractivity contribution in [3.05, 3.63) is 18.5 Å². The molecular formula is C14H23N5O. The minimum atomic E-state index is 0.119. The molecule has 0 spiro atoms. The summed E-state index contributed by atoms with van der Waals surface area (Å²) in [5, 5.41) is 2.65. The highest BCUT2D eigenvalue weighted by Gasteiger charge is 2.18. The molecule has 0 aliphatic carbocycles. The van der Waals surface area contributed by atoms with E-state index >= 15 is 0 Å². The van der Waals surface area contributed by atoms with Gasteiger partial charge in [-0.2, -0.15) is 0 Å². The molecule has 3 N–H and O–H groups in total. The summed E-state index contributed by atoms with van der Waals surface area (Å²) < 4.78 is 0. The minimum absolute atomic E-state index is 0.119. The third-order valence-electron chi connectivity index (χ3n) is 3.70. The number of carbonyl (C=O) groups is 1. The summed E-state index contributed by atoms with van der Waals surface area (Å²) in [4.78, 5) is 19.9. The van der Waals surface area contributed by atoms with Gasteiger partial charge in [-0.15, -0.1) is 0 Å². The number of nitrogens with two attached hydrogens (primary N) is 1. The smallest absolute Gasteiger partial charge is 0.219 e. The molecule has 6 heteroatoms. The van der Waals surface area contributed by atoms with Crippen LogP contribution in [0.2, 0.25) is 0 Å². The topological polar surface area (TPSA) is 74.5 Å². The first-order valence-corrected chi connectivity index (χ1v) is 7.08. The van der Waals surface area contributed by atoms with Gasteiger partial charge in [-0.1, -0.05) is 0 Å². The van der Waals surface area contributed by atoms with Gasteiger partial charge in [-0.25, -0.2) is 0 Å². The maximum Gasteiger partial charge on any atom is 0.219 e. The molecule has 1 aromatic rings. The second kappa shape index (κ2) is 7.09. The zero-order valence-corrected chi connectivity index (χ0v) is 12.0. The predicted molar refractivity (Wildman–Crippen MR) is 80.6 cm³/mol. The average Bonchev–Trinajstić information content (AvgIpc) is 2.48. The summed E-state index contributed by atoms with van der Waals surface area (Å²) in [5.41, 5.74) is 7.76. The van der Waals surface area contributed by atoms with Crippen molar-refractivity contribution in [1.29, 1.82) is 0 Å². The van der Waals surface area contributed by atoms with E-state index in [-0.39, 0.29) is 5.91 Å². The largest absolute Gasteiger partial charge is 0.396 e. The number of nitrogens with zero attached hydrogens (tertiary/aromatic N) is 3. The Morgan fingerprint density at radius 2 is 2.15 bits per heavy atom. The molecule has 110 valence electrons. The van der Waals surface area contributed by atoms with Gasteiger partial charge in [0.05, 0.1) is 17.6 Å². The molecule has 0 unspecified atom stereocenters. The van der Waals surface area contributed by atoms with Crippen LogP contribution in [0.25, 0.3) is 0 Å². The van der Waals surface area contributed by atoms with Crippen LogP contribution >= 0.6 is 0 Å². The monoisotopic (exact) mass is 277 g/mol. The van der Waals surface area contributed by atoms with Gasteiger partial charge in [-0.3, -0.25) is 14.7 Å². The third-order valence-corrected chi connectivity index (χ3v) is 3.70. The van der Waals surface area contributed by atoms with Crippen molar-refractivity contribution < 1.29 is 4.79 Å². The van der Waals surface area contributed by atoms with E-state index in [0.717, 1.165) is 50.5 Å². The van der Waals surface area contributed by atoms with E-state index in [1.54, 1.807) is 19.4 Å². The first kappa shape index (κ1) is 14.6. The van der Waals surface area contributed by atoms with Crippen molar-refractivity contribution in [2.24, 2.45) is 0 Å². The van der Waals surface area contributed by atoms with Gasteiger partial charge in [0.1, 0.15) is 0 Å². The van der Waals surface area contributed by atoms with Gasteiger partial charge in [0.15, 0.2) is 0 Å². The van der Waals surface area contributed by atoms with Crippen molar-refractivity contribution in [1.82, 2.24) is 15.2 Å². The number of aromatic nitrogens is 1. The number of pyridine rings is 1. The Kier molecular flexibility index (Phi) is 5.17. The first-order chi connectivity index (χ1) is 9.70. The highest BCUT2D eigenvalue weighted by atomic mass is 16.1. The number of amides is 1. The molecular weight excluding hydrogens is 254 g/mol. The number of nitrogen functional groups attached to an aromatic ring is 1. The molecule has 1 amide bonds. The number of hydrogen-bond acceptors (Lipinski definition) is 5. The van der Waals surface area contributed by atoms with Gasteiger partial charge < -0.3 is 16.0 Å². The van der Waals surface area contributed by atoms with Gasteiger partial charge in [-0.05, 0) is 19.0 Å². The van der Waals surface area contributed by atoms with E-state index in [1.165, 1.54) is 0 Å². The summed E-state index contributed by atoms with van der Waals surface area (Å²) in [6, 6.07) is 1.97. The van der Waals surface area contributed by atoms with E-state index in [2.05, 4.69) is 20.1 Å². The standard InChI is InChI=1S/C14H23N5O/c1-16-14(20)3-2-6-18-7-9-19(10-8-18)13-4-5-17-11-12(13)15/h4-5,11H,2-3,6-10,15H2,1H3,(H,16,20). The Morgan fingerprint density at radius 1 is 1.40 bits per heavy atom. The second-order valence-electron chi connectivity index (χ2n) is 5.04. The van der Waals surface area contributed by atoms with Crippen LogP contribution < -0.4 is 16.0 Å². The number of hydrogen-bond donors (Lipinski definition) is 2. The molecule has 0 saturated carbocycles. The normalized spacial score (nSPS) is 16.1. The van der Waals surface area contributed by atoms with Crippen LogP contribution in [0.3, 0.4) is 0 Å². The summed E-state index contributed by atoms with van der Waals surface area (Å²) in [5.74, 6) is 0.119. The van der Waals surface area contributed by atoms with Gasteiger partial charge >= 0.3 is 0 Å². The summed E-state index contributed by atoms with van der Waals surface area (Å²) in [6.07, 6.45) is 5.00. The minimum Gasteiger partial charge on any atom is -0.396 e. The quantitative estimate of drug-likeness (QED) is 0.810. The fourth-order valence-corrected chi connectivity index (χ4v) is 2.49. The van der Waals surface area contributed by atoms with Crippen LogP contribution in [0.5, 0.6) is 0 Å². The molecule has 0 radical (unpaired) electrons. The van der Waals surface area contributed by atoms with Crippen LogP contribution in [0.1, 0.15) is 12.8 Å². The highest BCUT2D eigenvalue weighted by molar-refractivity contribution is 5.75. The molecule has 1 fully saturated rings. The Labute approximate surface area is 120 Å². The summed E-state index contributed by atoms with van der Waals surface area (Å²) in [7, 11) is 1.68. The van der Waals surface area contributed by atoms with Crippen LogP contribution in [-0.2, 0) is 4.79 Å². The SMILES string of the molecule is CNC(=O)CCCN1CCN(c2ccncc2N)CC1. The van der Waals surface area contributed by atoms with Gasteiger partial charge in [0, 0.05) is 45.8 Å².